The number of ketones is 1. The first-order valence-electron chi connectivity index (χ1n) is 9.54. The molecular formula is C21H30O6. The van der Waals surface area contributed by atoms with Crippen LogP contribution in [0.2, 0.25) is 0 Å². The van der Waals surface area contributed by atoms with E-state index in [1.807, 2.05) is 20.8 Å². The van der Waals surface area contributed by atoms with E-state index in [0.717, 1.165) is 0 Å². The van der Waals surface area contributed by atoms with Crippen LogP contribution in [-0.4, -0.2) is 52.0 Å². The van der Waals surface area contributed by atoms with Crippen LogP contribution in [0.25, 0.3) is 0 Å². The highest BCUT2D eigenvalue weighted by Gasteiger charge is 2.72. The Kier molecular flexibility index (Phi) is 4.69. The first-order chi connectivity index (χ1) is 12.5. The van der Waals surface area contributed by atoms with E-state index in [-0.39, 0.29) is 29.7 Å². The third-order valence-electron chi connectivity index (χ3n) is 7.70. The maximum atomic E-state index is 13.9. The molecule has 1 saturated carbocycles. The third-order valence-corrected chi connectivity index (χ3v) is 7.70. The second kappa shape index (κ2) is 6.26. The molecule has 0 aromatic rings. The van der Waals surface area contributed by atoms with Gasteiger partial charge in [-0.2, -0.15) is 0 Å². The van der Waals surface area contributed by atoms with Crippen molar-refractivity contribution in [3.8, 4) is 0 Å². The number of fused-ring (bicyclic) bond motifs is 1. The quantitative estimate of drug-likeness (QED) is 0.506. The van der Waals surface area contributed by atoms with Gasteiger partial charge in [0.15, 0.2) is 17.5 Å². The molecule has 3 N–H and O–H groups in total. The van der Waals surface area contributed by atoms with Gasteiger partial charge in [0.2, 0.25) is 0 Å². The Labute approximate surface area is 159 Å². The molecule has 0 radical (unpaired) electrons. The van der Waals surface area contributed by atoms with Gasteiger partial charge in [0.25, 0.3) is 6.47 Å². The van der Waals surface area contributed by atoms with Crippen molar-refractivity contribution in [2.24, 2.45) is 28.6 Å². The first-order valence-corrected chi connectivity index (χ1v) is 9.54. The maximum Gasteiger partial charge on any atom is 0.293 e. The van der Waals surface area contributed by atoms with Gasteiger partial charge in [0, 0.05) is 5.92 Å². The van der Waals surface area contributed by atoms with E-state index in [1.54, 1.807) is 19.1 Å². The van der Waals surface area contributed by atoms with Crippen molar-refractivity contribution in [3.63, 3.8) is 0 Å². The molecule has 0 saturated heterocycles. The Hall–Kier alpha value is -1.50. The second-order valence-corrected chi connectivity index (χ2v) is 9.20. The van der Waals surface area contributed by atoms with Crippen molar-refractivity contribution in [1.29, 1.82) is 0 Å². The molecule has 6 heteroatoms. The molecule has 6 nitrogen and oxygen atoms in total. The van der Waals surface area contributed by atoms with Gasteiger partial charge in [0.1, 0.15) is 6.10 Å². The van der Waals surface area contributed by atoms with E-state index in [9.17, 15) is 24.9 Å². The van der Waals surface area contributed by atoms with Crippen LogP contribution in [-0.2, 0) is 14.3 Å². The number of carbonyl (C=O) groups is 2. The highest BCUT2D eigenvalue weighted by Crippen LogP contribution is 2.62. The fourth-order valence-electron chi connectivity index (χ4n) is 5.74. The summed E-state index contributed by atoms with van der Waals surface area (Å²) in [6, 6.07) is 0. The first kappa shape index (κ1) is 20.2. The summed E-state index contributed by atoms with van der Waals surface area (Å²) < 4.78 is 5.19. The highest BCUT2D eigenvalue weighted by molar-refractivity contribution is 5.95. The summed E-state index contributed by atoms with van der Waals surface area (Å²) in [5, 5.41) is 32.9. The zero-order chi connectivity index (χ0) is 20.4. The topological polar surface area (TPSA) is 104 Å². The fourth-order valence-corrected chi connectivity index (χ4v) is 5.74. The number of aliphatic hydroxyl groups is 3. The molecule has 3 rings (SSSR count). The number of Topliss-reactive ketones (excluding diaryl/α,β-unsaturated/α-hetero) is 1. The molecule has 0 heterocycles. The zero-order valence-corrected chi connectivity index (χ0v) is 16.6. The van der Waals surface area contributed by atoms with E-state index in [4.69, 9.17) is 4.74 Å². The standard InChI is InChI=1S/C21H30O6/c1-11-8-20-13(3)6-12(2)19(4,5)15(17(20)25)7-14(9-22)16(24)21(20,26)18(11)27-10-23/h7-8,10,12-13,15-16,18,22,24,26H,6,9H2,1-5H3/t12-,13+,15+,16+,18-,20-,21-/m0/s1. The lowest BCUT2D eigenvalue weighted by Gasteiger charge is -2.48. The molecule has 7 atom stereocenters. The average Bonchev–Trinajstić information content (AvgIpc) is 2.77. The van der Waals surface area contributed by atoms with Gasteiger partial charge < -0.3 is 20.1 Å². The summed E-state index contributed by atoms with van der Waals surface area (Å²) in [5.74, 6) is -0.894. The molecule has 150 valence electrons. The average molecular weight is 378 g/mol. The largest absolute Gasteiger partial charge is 0.457 e. The molecule has 0 unspecified atom stereocenters. The number of aliphatic hydroxyl groups excluding tert-OH is 2. The Morgan fingerprint density at radius 3 is 2.48 bits per heavy atom. The molecule has 1 spiro atoms. The monoisotopic (exact) mass is 378 g/mol. The molecule has 0 aromatic carbocycles. The Bertz CT molecular complexity index is 722. The van der Waals surface area contributed by atoms with Gasteiger partial charge in [-0.1, -0.05) is 39.8 Å². The van der Waals surface area contributed by atoms with Gasteiger partial charge in [-0.3, -0.25) is 9.59 Å². The summed E-state index contributed by atoms with van der Waals surface area (Å²) >= 11 is 0. The summed E-state index contributed by atoms with van der Waals surface area (Å²) in [7, 11) is 0. The van der Waals surface area contributed by atoms with E-state index in [0.29, 0.717) is 12.0 Å². The maximum absolute atomic E-state index is 13.9. The lowest BCUT2D eigenvalue weighted by molar-refractivity contribution is -0.197. The van der Waals surface area contributed by atoms with Crippen LogP contribution in [0.5, 0.6) is 0 Å². The van der Waals surface area contributed by atoms with Crippen LogP contribution >= 0.6 is 0 Å². The minimum atomic E-state index is -2.06. The predicted molar refractivity (Wildman–Crippen MR) is 98.5 cm³/mol. The minimum Gasteiger partial charge on any atom is -0.457 e. The summed E-state index contributed by atoms with van der Waals surface area (Å²) in [6.45, 7) is 9.45. The van der Waals surface area contributed by atoms with Gasteiger partial charge in [0.05, 0.1) is 12.0 Å². The smallest absolute Gasteiger partial charge is 0.293 e. The van der Waals surface area contributed by atoms with E-state index in [1.165, 1.54) is 0 Å². The fraction of sp³-hybridized carbons (Fsp3) is 0.714. The Balaban J connectivity index is 2.37. The van der Waals surface area contributed by atoms with Crippen LogP contribution in [0, 0.1) is 28.6 Å². The van der Waals surface area contributed by atoms with Gasteiger partial charge in [-0.05, 0) is 41.7 Å². The molecule has 3 aliphatic rings. The molecule has 0 amide bonds. The minimum absolute atomic E-state index is 0.163. The molecule has 0 aliphatic heterocycles. The van der Waals surface area contributed by atoms with Crippen LogP contribution in [0.15, 0.2) is 23.3 Å². The summed E-state index contributed by atoms with van der Waals surface area (Å²) in [6.07, 6.45) is 1.32. The number of hydrogen-bond donors (Lipinski definition) is 3. The second-order valence-electron chi connectivity index (χ2n) is 9.20. The number of carbonyl (C=O) groups excluding carboxylic acids is 2. The molecule has 2 bridgehead atoms. The highest BCUT2D eigenvalue weighted by atomic mass is 16.5. The lowest BCUT2D eigenvalue weighted by atomic mass is 9.59. The Morgan fingerprint density at radius 2 is 1.93 bits per heavy atom. The van der Waals surface area contributed by atoms with E-state index in [2.05, 4.69) is 6.92 Å². The molecule has 3 aliphatic carbocycles. The number of ether oxygens (including phenoxy) is 1. The Morgan fingerprint density at radius 1 is 1.30 bits per heavy atom. The lowest BCUT2D eigenvalue weighted by Crippen LogP contribution is -2.65. The number of rotatable bonds is 3. The summed E-state index contributed by atoms with van der Waals surface area (Å²) in [4.78, 5) is 25.1. The van der Waals surface area contributed by atoms with Crippen LogP contribution in [0.1, 0.15) is 41.0 Å². The summed E-state index contributed by atoms with van der Waals surface area (Å²) in [5.41, 5.74) is -3.16. The molecule has 27 heavy (non-hydrogen) atoms. The third kappa shape index (κ3) is 2.30. The van der Waals surface area contributed by atoms with Crippen molar-refractivity contribution in [2.45, 2.75) is 58.8 Å². The van der Waals surface area contributed by atoms with E-state index >= 15 is 0 Å². The van der Waals surface area contributed by atoms with Crippen molar-refractivity contribution in [3.05, 3.63) is 23.3 Å². The van der Waals surface area contributed by atoms with Crippen LogP contribution in [0.3, 0.4) is 0 Å². The van der Waals surface area contributed by atoms with Crippen molar-refractivity contribution >= 4 is 12.3 Å². The SMILES string of the molecule is CC1=C[C@]23C(=O)[C@@H](C=C(CO)[C@@H](O)[C@]2(O)[C@H]1OC=O)C(C)(C)[C@@H](C)C[C@H]3C. The molecular weight excluding hydrogens is 348 g/mol. The van der Waals surface area contributed by atoms with Crippen LogP contribution < -0.4 is 0 Å². The zero-order valence-electron chi connectivity index (χ0n) is 16.6. The molecule has 0 aromatic heterocycles. The van der Waals surface area contributed by atoms with E-state index < -0.39 is 41.2 Å². The number of allylic oxidation sites excluding steroid dienone is 1. The van der Waals surface area contributed by atoms with Gasteiger partial charge in [-0.25, -0.2) is 0 Å². The van der Waals surface area contributed by atoms with Gasteiger partial charge in [-0.15, -0.1) is 0 Å². The van der Waals surface area contributed by atoms with Crippen molar-refractivity contribution in [1.82, 2.24) is 0 Å². The van der Waals surface area contributed by atoms with Crippen molar-refractivity contribution in [2.75, 3.05) is 6.61 Å². The number of hydrogen-bond acceptors (Lipinski definition) is 6. The predicted octanol–water partition coefficient (Wildman–Crippen LogP) is 1.39. The van der Waals surface area contributed by atoms with Gasteiger partial charge >= 0.3 is 0 Å². The van der Waals surface area contributed by atoms with Crippen molar-refractivity contribution < 1.29 is 29.6 Å². The van der Waals surface area contributed by atoms with Crippen LogP contribution in [0.4, 0.5) is 0 Å². The normalized spacial score (nSPS) is 45.9. The molecule has 1 fully saturated rings.